The van der Waals surface area contributed by atoms with Crippen LogP contribution in [0.25, 0.3) is 0 Å². The molecule has 0 bridgehead atoms. The monoisotopic (exact) mass is 438 g/mol. The first-order valence-corrected chi connectivity index (χ1v) is 11.4. The van der Waals surface area contributed by atoms with E-state index in [1.807, 2.05) is 0 Å². The largest absolute Gasteiger partial charge is 0.465 e. The van der Waals surface area contributed by atoms with Gasteiger partial charge in [0.1, 0.15) is 6.04 Å². The summed E-state index contributed by atoms with van der Waals surface area (Å²) < 4.78 is 0. The Labute approximate surface area is 181 Å². The van der Waals surface area contributed by atoms with Crippen molar-refractivity contribution in [3.63, 3.8) is 0 Å². The van der Waals surface area contributed by atoms with Gasteiger partial charge in [0.2, 0.25) is 11.8 Å². The molecule has 2 saturated carbocycles. The number of aliphatic hydroxyl groups is 1. The lowest BCUT2D eigenvalue weighted by Gasteiger charge is -2.29. The minimum atomic E-state index is -1.52. The van der Waals surface area contributed by atoms with Gasteiger partial charge in [-0.15, -0.1) is 0 Å². The fourth-order valence-electron chi connectivity index (χ4n) is 4.56. The van der Waals surface area contributed by atoms with Crippen molar-refractivity contribution in [2.45, 2.75) is 88.4 Å². The van der Waals surface area contributed by atoms with Gasteiger partial charge in [0.15, 0.2) is 6.10 Å². The zero-order valence-electron chi connectivity index (χ0n) is 17.8. The lowest BCUT2D eigenvalue weighted by molar-refractivity contribution is -0.134. The number of aliphatic hydroxyl groups excluding tert-OH is 1. The number of carbonyl (C=O) groups excluding carboxylic acids is 3. The van der Waals surface area contributed by atoms with Gasteiger partial charge >= 0.3 is 6.09 Å². The molecule has 1 unspecified atom stereocenters. The standard InChI is InChI=1S/C21H34N4O6/c26-17(20(29)23-14-6-7-14)15(11-13-8-9-22-18(13)27)24-19(28)16(25-21(30)31)10-12-4-2-1-3-5-12/h12-17,25-26H,1-11H2,(H,22,27)(H,23,29)(H,24,28)(H,30,31)/t13-,15-,16-,17?/m0/s1. The molecule has 0 spiro atoms. The van der Waals surface area contributed by atoms with Crippen molar-refractivity contribution in [3.05, 3.63) is 0 Å². The summed E-state index contributed by atoms with van der Waals surface area (Å²) in [4.78, 5) is 48.7. The van der Waals surface area contributed by atoms with Crippen molar-refractivity contribution in [2.24, 2.45) is 11.8 Å². The predicted octanol–water partition coefficient (Wildman–Crippen LogP) is 0.244. The first-order chi connectivity index (χ1) is 14.8. The van der Waals surface area contributed by atoms with Gasteiger partial charge in [-0.2, -0.15) is 0 Å². The molecule has 1 aliphatic heterocycles. The van der Waals surface area contributed by atoms with E-state index >= 15 is 0 Å². The highest BCUT2D eigenvalue weighted by atomic mass is 16.4. The lowest BCUT2D eigenvalue weighted by atomic mass is 9.84. The summed E-state index contributed by atoms with van der Waals surface area (Å²) in [6.45, 7) is 0.513. The molecule has 3 aliphatic rings. The van der Waals surface area contributed by atoms with Crippen LogP contribution in [0.15, 0.2) is 0 Å². The molecule has 10 nitrogen and oxygen atoms in total. The molecule has 31 heavy (non-hydrogen) atoms. The molecule has 0 radical (unpaired) electrons. The molecule has 3 fully saturated rings. The average molecular weight is 439 g/mol. The third-order valence-electron chi connectivity index (χ3n) is 6.51. The van der Waals surface area contributed by atoms with Crippen LogP contribution in [0.1, 0.15) is 64.2 Å². The smallest absolute Gasteiger partial charge is 0.405 e. The summed E-state index contributed by atoms with van der Waals surface area (Å²) in [5.74, 6) is -1.50. The summed E-state index contributed by atoms with van der Waals surface area (Å²) in [5.41, 5.74) is 0. The molecule has 0 aromatic heterocycles. The maximum atomic E-state index is 13.0. The molecule has 0 aromatic rings. The van der Waals surface area contributed by atoms with E-state index in [2.05, 4.69) is 21.3 Å². The van der Waals surface area contributed by atoms with Crippen LogP contribution in [0, 0.1) is 11.8 Å². The lowest BCUT2D eigenvalue weighted by Crippen LogP contribution is -2.56. The third kappa shape index (κ3) is 7.09. The first kappa shape index (κ1) is 23.3. The second-order valence-corrected chi connectivity index (χ2v) is 9.10. The van der Waals surface area contributed by atoms with E-state index in [1.165, 1.54) is 0 Å². The number of hydrogen-bond acceptors (Lipinski definition) is 5. The van der Waals surface area contributed by atoms with Crippen LogP contribution in [-0.2, 0) is 14.4 Å². The van der Waals surface area contributed by atoms with Crippen molar-refractivity contribution in [1.82, 2.24) is 21.3 Å². The molecule has 10 heteroatoms. The highest BCUT2D eigenvalue weighted by Crippen LogP contribution is 2.28. The normalized spacial score (nSPS) is 24.5. The van der Waals surface area contributed by atoms with Crippen LogP contribution >= 0.6 is 0 Å². The van der Waals surface area contributed by atoms with Crippen LogP contribution in [0.4, 0.5) is 4.79 Å². The minimum absolute atomic E-state index is 0.0426. The van der Waals surface area contributed by atoms with Crippen LogP contribution in [-0.4, -0.2) is 64.8 Å². The Bertz CT molecular complexity index is 677. The van der Waals surface area contributed by atoms with Crippen LogP contribution in [0.2, 0.25) is 0 Å². The second kappa shape index (κ2) is 10.8. The number of rotatable bonds is 10. The quantitative estimate of drug-likeness (QED) is 0.287. The summed E-state index contributed by atoms with van der Waals surface area (Å²) >= 11 is 0. The van der Waals surface area contributed by atoms with E-state index in [4.69, 9.17) is 0 Å². The number of nitrogens with one attached hydrogen (secondary N) is 4. The molecule has 4 amide bonds. The van der Waals surface area contributed by atoms with E-state index < -0.39 is 42.0 Å². The molecule has 6 N–H and O–H groups in total. The van der Waals surface area contributed by atoms with Gasteiger partial charge in [0.25, 0.3) is 5.91 Å². The van der Waals surface area contributed by atoms with E-state index in [0.717, 1.165) is 44.9 Å². The SMILES string of the molecule is O=C(O)N[C@@H](CC1CCCCC1)C(=O)N[C@@H](C[C@@H]1CCNC1=O)C(O)C(=O)NC1CC1. The predicted molar refractivity (Wildman–Crippen MR) is 111 cm³/mol. The van der Waals surface area contributed by atoms with Gasteiger partial charge in [0, 0.05) is 18.5 Å². The molecule has 1 saturated heterocycles. The van der Waals surface area contributed by atoms with Crippen molar-refractivity contribution >= 4 is 23.8 Å². The van der Waals surface area contributed by atoms with Gasteiger partial charge < -0.3 is 31.5 Å². The Balaban J connectivity index is 1.67. The maximum Gasteiger partial charge on any atom is 0.405 e. The molecule has 1 heterocycles. The van der Waals surface area contributed by atoms with E-state index in [0.29, 0.717) is 19.4 Å². The number of carbonyl (C=O) groups is 4. The van der Waals surface area contributed by atoms with Gasteiger partial charge in [-0.1, -0.05) is 32.1 Å². The summed E-state index contributed by atoms with van der Waals surface area (Å²) in [6.07, 6.45) is 5.10. The molecule has 4 atom stereocenters. The van der Waals surface area contributed by atoms with Gasteiger partial charge in [0.05, 0.1) is 6.04 Å². The molecular weight excluding hydrogens is 404 g/mol. The zero-order valence-corrected chi connectivity index (χ0v) is 17.8. The number of carboxylic acid groups (broad SMARTS) is 1. The Hall–Kier alpha value is -2.36. The van der Waals surface area contributed by atoms with Gasteiger partial charge in [-0.05, 0) is 38.0 Å². The second-order valence-electron chi connectivity index (χ2n) is 9.10. The fourth-order valence-corrected chi connectivity index (χ4v) is 4.56. The molecule has 0 aromatic carbocycles. The van der Waals surface area contributed by atoms with E-state index in [1.54, 1.807) is 0 Å². The van der Waals surface area contributed by atoms with Crippen LogP contribution in [0.5, 0.6) is 0 Å². The molecule has 3 rings (SSSR count). The minimum Gasteiger partial charge on any atom is -0.465 e. The maximum absolute atomic E-state index is 13.0. The van der Waals surface area contributed by atoms with Crippen molar-refractivity contribution in [3.8, 4) is 0 Å². The first-order valence-electron chi connectivity index (χ1n) is 11.4. The van der Waals surface area contributed by atoms with Gasteiger partial charge in [-0.25, -0.2) is 4.79 Å². The van der Waals surface area contributed by atoms with Crippen molar-refractivity contribution < 1.29 is 29.4 Å². The summed E-state index contributed by atoms with van der Waals surface area (Å²) in [7, 11) is 0. The molecule has 2 aliphatic carbocycles. The van der Waals surface area contributed by atoms with Gasteiger partial charge in [-0.3, -0.25) is 14.4 Å². The summed E-state index contributed by atoms with van der Waals surface area (Å²) in [6, 6.07) is -1.91. The van der Waals surface area contributed by atoms with Crippen molar-refractivity contribution in [1.29, 1.82) is 0 Å². The van der Waals surface area contributed by atoms with Crippen LogP contribution < -0.4 is 21.3 Å². The zero-order chi connectivity index (χ0) is 22.4. The number of hydrogen-bond donors (Lipinski definition) is 6. The fraction of sp³-hybridized carbons (Fsp3) is 0.810. The highest BCUT2D eigenvalue weighted by molar-refractivity contribution is 5.88. The number of amides is 4. The topological polar surface area (TPSA) is 157 Å². The Morgan fingerprint density at radius 3 is 2.26 bits per heavy atom. The third-order valence-corrected chi connectivity index (χ3v) is 6.51. The highest BCUT2D eigenvalue weighted by Gasteiger charge is 2.37. The molecule has 174 valence electrons. The Morgan fingerprint density at radius 1 is 0.968 bits per heavy atom. The Kier molecular flexibility index (Phi) is 8.11. The van der Waals surface area contributed by atoms with Crippen molar-refractivity contribution in [2.75, 3.05) is 6.54 Å². The van der Waals surface area contributed by atoms with E-state index in [9.17, 15) is 29.4 Å². The van der Waals surface area contributed by atoms with E-state index in [-0.39, 0.29) is 24.3 Å². The summed E-state index contributed by atoms with van der Waals surface area (Å²) in [5, 5.41) is 30.3. The van der Waals surface area contributed by atoms with Crippen LogP contribution in [0.3, 0.4) is 0 Å². The molecular formula is C21H34N4O6. The average Bonchev–Trinajstić information content (AvgIpc) is 3.46. The Morgan fingerprint density at radius 2 is 1.68 bits per heavy atom.